The lowest BCUT2D eigenvalue weighted by Gasteiger charge is -2.11. The number of benzene rings is 1. The monoisotopic (exact) mass is 200 g/mol. The van der Waals surface area contributed by atoms with Crippen LogP contribution < -0.4 is 4.74 Å². The minimum Gasteiger partial charge on any atom is -0.483 e. The molecule has 2 atom stereocenters. The minimum absolute atomic E-state index is 0.0893. The van der Waals surface area contributed by atoms with Crippen LogP contribution in [0.15, 0.2) is 18.2 Å². The first-order chi connectivity index (χ1) is 5.59. The van der Waals surface area contributed by atoms with E-state index in [9.17, 15) is 0 Å². The molecule has 0 aliphatic carbocycles. The predicted molar refractivity (Wildman–Crippen MR) is 59.8 cm³/mol. The van der Waals surface area contributed by atoms with Crippen LogP contribution in [0.2, 0.25) is 0 Å². The van der Waals surface area contributed by atoms with Gasteiger partial charge in [0, 0.05) is 0 Å². The molecule has 0 saturated heterocycles. The van der Waals surface area contributed by atoms with Crippen molar-refractivity contribution < 1.29 is 4.74 Å². The Morgan fingerprint density at radius 1 is 1.25 bits per heavy atom. The first-order valence-corrected chi connectivity index (χ1v) is 5.18. The quantitative estimate of drug-likeness (QED) is 0.667. The van der Waals surface area contributed by atoms with Gasteiger partial charge >= 0.3 is 0 Å². The van der Waals surface area contributed by atoms with Crippen LogP contribution in [0.4, 0.5) is 0 Å². The highest BCUT2D eigenvalue weighted by Gasteiger charge is 2.00. The van der Waals surface area contributed by atoms with E-state index in [0.717, 1.165) is 5.75 Å². The molecule has 0 radical (unpaired) electrons. The molecule has 0 saturated carbocycles. The summed E-state index contributed by atoms with van der Waals surface area (Å²) < 4.78 is 5.53. The fourth-order valence-corrected chi connectivity index (χ4v) is 1.37. The van der Waals surface area contributed by atoms with Crippen LogP contribution in [-0.4, -0.2) is 5.59 Å². The third-order valence-electron chi connectivity index (χ3n) is 1.59. The van der Waals surface area contributed by atoms with Gasteiger partial charge in [0.25, 0.3) is 0 Å². The Balaban J connectivity index is 2.86. The number of hydrogen-bond donors (Lipinski definition) is 0. The van der Waals surface area contributed by atoms with Crippen LogP contribution in [0.3, 0.4) is 0 Å². The van der Waals surface area contributed by atoms with E-state index in [1.165, 1.54) is 11.1 Å². The van der Waals surface area contributed by atoms with Gasteiger partial charge in [-0.05, 0) is 25.5 Å². The van der Waals surface area contributed by atoms with Crippen molar-refractivity contribution in [1.29, 1.82) is 0 Å². The highest BCUT2D eigenvalue weighted by atomic mass is 31.1. The lowest BCUT2D eigenvalue weighted by atomic mass is 10.1. The first kappa shape index (κ1) is 9.96. The topological polar surface area (TPSA) is 9.23 Å². The second kappa shape index (κ2) is 4.21. The molecule has 0 spiro atoms. The maximum absolute atomic E-state index is 5.53. The highest BCUT2D eigenvalue weighted by molar-refractivity contribution is 7.37. The maximum atomic E-state index is 5.53. The van der Waals surface area contributed by atoms with E-state index >= 15 is 0 Å². The summed E-state index contributed by atoms with van der Waals surface area (Å²) in [5.74, 6) is 0.954. The molecule has 1 aromatic rings. The molecule has 12 heavy (non-hydrogen) atoms. The molecule has 3 heteroatoms. The lowest BCUT2D eigenvalue weighted by molar-refractivity contribution is 0.362. The van der Waals surface area contributed by atoms with Crippen LogP contribution in [0, 0.1) is 13.8 Å². The Labute approximate surface area is 78.3 Å². The van der Waals surface area contributed by atoms with Gasteiger partial charge in [-0.1, -0.05) is 36.2 Å². The average Bonchev–Trinajstić information content (AvgIpc) is 1.94. The second-order valence-electron chi connectivity index (χ2n) is 2.85. The van der Waals surface area contributed by atoms with Gasteiger partial charge in [0.15, 0.2) is 0 Å². The number of aryl methyl sites for hydroxylation is 2. The van der Waals surface area contributed by atoms with Gasteiger partial charge in [0.2, 0.25) is 0 Å². The van der Waals surface area contributed by atoms with E-state index in [0.29, 0.717) is 0 Å². The SMILES string of the molecule is Cc1ccc(OC(P)P)c(C)c1. The van der Waals surface area contributed by atoms with Crippen LogP contribution in [-0.2, 0) is 0 Å². The van der Waals surface area contributed by atoms with Gasteiger partial charge in [-0.15, -0.1) is 0 Å². The van der Waals surface area contributed by atoms with Crippen molar-refractivity contribution in [2.75, 3.05) is 0 Å². The van der Waals surface area contributed by atoms with Crippen LogP contribution >= 0.6 is 18.5 Å². The van der Waals surface area contributed by atoms with Gasteiger partial charge in [-0.3, -0.25) is 0 Å². The van der Waals surface area contributed by atoms with Crippen LogP contribution in [0.1, 0.15) is 11.1 Å². The predicted octanol–water partition coefficient (Wildman–Crippen LogP) is 2.72. The summed E-state index contributed by atoms with van der Waals surface area (Å²) in [6, 6.07) is 6.18. The van der Waals surface area contributed by atoms with Crippen molar-refractivity contribution in [2.45, 2.75) is 19.4 Å². The largest absolute Gasteiger partial charge is 0.483 e. The Morgan fingerprint density at radius 3 is 2.42 bits per heavy atom. The van der Waals surface area contributed by atoms with Crippen molar-refractivity contribution in [3.05, 3.63) is 29.3 Å². The fourth-order valence-electron chi connectivity index (χ4n) is 1.08. The summed E-state index contributed by atoms with van der Waals surface area (Å²) in [4.78, 5) is 0. The maximum Gasteiger partial charge on any atom is 0.123 e. The summed E-state index contributed by atoms with van der Waals surface area (Å²) in [6.07, 6.45) is 0. The second-order valence-corrected chi connectivity index (χ2v) is 4.94. The summed E-state index contributed by atoms with van der Waals surface area (Å²) in [5, 5.41) is 0. The molecular weight excluding hydrogens is 186 g/mol. The van der Waals surface area contributed by atoms with Crippen molar-refractivity contribution in [3.8, 4) is 5.75 Å². The normalized spacial score (nSPS) is 10.4. The van der Waals surface area contributed by atoms with E-state index in [2.05, 4.69) is 44.5 Å². The lowest BCUT2D eigenvalue weighted by Crippen LogP contribution is -1.99. The Kier molecular flexibility index (Phi) is 3.50. The third kappa shape index (κ3) is 2.73. The van der Waals surface area contributed by atoms with Crippen LogP contribution in [0.25, 0.3) is 0 Å². The molecular formula is C9H14OP2. The van der Waals surface area contributed by atoms with Crippen molar-refractivity contribution >= 4 is 18.5 Å². The Morgan fingerprint density at radius 2 is 1.92 bits per heavy atom. The Hall–Kier alpha value is -0.120. The fraction of sp³-hybridized carbons (Fsp3) is 0.333. The average molecular weight is 200 g/mol. The van der Waals surface area contributed by atoms with E-state index in [1.54, 1.807) is 0 Å². The molecule has 0 aliphatic rings. The Bertz CT molecular complexity index is 271. The molecule has 1 nitrogen and oxygen atoms in total. The third-order valence-corrected chi connectivity index (χ3v) is 1.87. The molecule has 0 bridgehead atoms. The van der Waals surface area contributed by atoms with Gasteiger partial charge in [0.1, 0.15) is 11.3 Å². The standard InChI is InChI=1S/C9H14OP2/c1-6-3-4-8(7(2)5-6)10-9(11)12/h3-5,9H,11-12H2,1-2H3. The molecule has 1 rings (SSSR count). The van der Waals surface area contributed by atoms with E-state index < -0.39 is 0 Å². The van der Waals surface area contributed by atoms with E-state index in [4.69, 9.17) is 4.74 Å². The molecule has 2 unspecified atom stereocenters. The van der Waals surface area contributed by atoms with Crippen molar-refractivity contribution in [3.63, 3.8) is 0 Å². The zero-order chi connectivity index (χ0) is 9.14. The van der Waals surface area contributed by atoms with Gasteiger partial charge in [-0.2, -0.15) is 0 Å². The van der Waals surface area contributed by atoms with E-state index in [1.807, 2.05) is 6.07 Å². The number of hydrogen-bond acceptors (Lipinski definition) is 1. The first-order valence-electron chi connectivity index (χ1n) is 3.84. The van der Waals surface area contributed by atoms with Crippen LogP contribution in [0.5, 0.6) is 5.75 Å². The highest BCUT2D eigenvalue weighted by Crippen LogP contribution is 2.23. The summed E-state index contributed by atoms with van der Waals surface area (Å²) in [5.41, 5.74) is 2.54. The van der Waals surface area contributed by atoms with Crippen molar-refractivity contribution in [2.24, 2.45) is 0 Å². The summed E-state index contributed by atoms with van der Waals surface area (Å²) in [7, 11) is 5.16. The molecule has 1 aromatic carbocycles. The minimum atomic E-state index is 0.0893. The molecule has 0 fully saturated rings. The number of rotatable bonds is 2. The van der Waals surface area contributed by atoms with Crippen molar-refractivity contribution in [1.82, 2.24) is 0 Å². The molecule has 0 aliphatic heterocycles. The molecule has 0 amide bonds. The number of ether oxygens (including phenoxy) is 1. The van der Waals surface area contributed by atoms with Gasteiger partial charge in [-0.25, -0.2) is 0 Å². The zero-order valence-electron chi connectivity index (χ0n) is 7.37. The molecule has 66 valence electrons. The molecule has 0 aromatic heterocycles. The molecule has 0 N–H and O–H groups in total. The molecule has 0 heterocycles. The summed E-state index contributed by atoms with van der Waals surface area (Å²) in [6.45, 7) is 4.13. The smallest absolute Gasteiger partial charge is 0.123 e. The van der Waals surface area contributed by atoms with E-state index in [-0.39, 0.29) is 5.59 Å². The van der Waals surface area contributed by atoms with Gasteiger partial charge < -0.3 is 4.74 Å². The zero-order valence-corrected chi connectivity index (χ0v) is 9.68. The van der Waals surface area contributed by atoms with Gasteiger partial charge in [0.05, 0.1) is 0 Å². The summed E-state index contributed by atoms with van der Waals surface area (Å²) >= 11 is 0.